The molecule has 122 valence electrons. The Balaban J connectivity index is 1.96. The average molecular weight is 371 g/mol. The highest BCUT2D eigenvalue weighted by Gasteiger charge is 2.26. The number of halogens is 1. The molecular formula is C14H15ClN4O2S2. The number of nitrogens with zero attached hydrogens (tertiary/aromatic N) is 3. The minimum Gasteiger partial charge on any atom is -0.221 e. The largest absolute Gasteiger partial charge is 0.260 e. The second-order valence-electron chi connectivity index (χ2n) is 4.99. The summed E-state index contributed by atoms with van der Waals surface area (Å²) in [6.45, 7) is 3.85. The number of benzene rings is 1. The molecule has 0 aliphatic carbocycles. The normalized spacial score (nSPS) is 12.1. The van der Waals surface area contributed by atoms with E-state index in [2.05, 4.69) is 14.8 Å². The molecule has 0 fully saturated rings. The van der Waals surface area contributed by atoms with E-state index in [0.717, 1.165) is 10.6 Å². The molecule has 6 nitrogen and oxygen atoms in total. The molecular weight excluding hydrogens is 356 g/mol. The van der Waals surface area contributed by atoms with Crippen LogP contribution in [-0.4, -0.2) is 23.0 Å². The summed E-state index contributed by atoms with van der Waals surface area (Å²) < 4.78 is 29.4. The maximum Gasteiger partial charge on any atom is 0.260 e. The fraction of sp³-hybridized carbons (Fsp3) is 0.286. The highest BCUT2D eigenvalue weighted by molar-refractivity contribution is 7.89. The van der Waals surface area contributed by atoms with Crippen LogP contribution in [0.3, 0.4) is 0 Å². The maximum absolute atomic E-state index is 12.7. The van der Waals surface area contributed by atoms with Crippen LogP contribution in [0.2, 0.25) is 5.02 Å². The molecule has 9 heteroatoms. The molecule has 0 aliphatic heterocycles. The smallest absolute Gasteiger partial charge is 0.221 e. The van der Waals surface area contributed by atoms with Gasteiger partial charge < -0.3 is 0 Å². The monoisotopic (exact) mass is 370 g/mol. The van der Waals surface area contributed by atoms with Crippen molar-refractivity contribution in [1.82, 2.24) is 19.3 Å². The summed E-state index contributed by atoms with van der Waals surface area (Å²) in [5, 5.41) is 5.69. The zero-order valence-electron chi connectivity index (χ0n) is 12.6. The van der Waals surface area contributed by atoms with Gasteiger partial charge in [-0.15, -0.1) is 0 Å². The Morgan fingerprint density at radius 2 is 2.17 bits per heavy atom. The Kier molecular flexibility index (Phi) is 4.41. The lowest BCUT2D eigenvalue weighted by Gasteiger charge is -2.07. The van der Waals surface area contributed by atoms with Crippen LogP contribution in [0.1, 0.15) is 23.2 Å². The van der Waals surface area contributed by atoms with Gasteiger partial charge in [-0.2, -0.15) is 9.61 Å². The summed E-state index contributed by atoms with van der Waals surface area (Å²) in [6.07, 6.45) is 0.516. The average Bonchev–Trinajstić information content (AvgIpc) is 3.00. The lowest BCUT2D eigenvalue weighted by atomic mass is 10.2. The third-order valence-electron chi connectivity index (χ3n) is 3.28. The molecule has 2 aromatic heterocycles. The van der Waals surface area contributed by atoms with E-state index in [4.69, 9.17) is 11.6 Å². The highest BCUT2D eigenvalue weighted by Crippen LogP contribution is 2.23. The number of hydrogen-bond acceptors (Lipinski definition) is 5. The molecule has 0 unspecified atom stereocenters. The Labute approximate surface area is 143 Å². The van der Waals surface area contributed by atoms with Gasteiger partial charge in [-0.25, -0.2) is 18.1 Å². The molecule has 0 spiro atoms. The van der Waals surface area contributed by atoms with Gasteiger partial charge in [-0.1, -0.05) is 42.0 Å². The van der Waals surface area contributed by atoms with Crippen LogP contribution in [0.25, 0.3) is 4.96 Å². The van der Waals surface area contributed by atoms with Gasteiger partial charge in [0.05, 0.1) is 5.69 Å². The van der Waals surface area contributed by atoms with Gasteiger partial charge in [0.1, 0.15) is 5.01 Å². The Bertz CT molecular complexity index is 962. The second-order valence-corrected chi connectivity index (χ2v) is 8.27. The third-order valence-corrected chi connectivity index (χ3v) is 5.78. The first kappa shape index (κ1) is 16.4. The molecule has 1 N–H and O–H groups in total. The quantitative estimate of drug-likeness (QED) is 0.749. The number of imidazole rings is 1. The van der Waals surface area contributed by atoms with Crippen LogP contribution in [0.4, 0.5) is 0 Å². The van der Waals surface area contributed by atoms with Crippen molar-refractivity contribution in [1.29, 1.82) is 0 Å². The van der Waals surface area contributed by atoms with Gasteiger partial charge in [0, 0.05) is 11.6 Å². The summed E-state index contributed by atoms with van der Waals surface area (Å²) in [5.74, 6) is 0. The summed E-state index contributed by atoms with van der Waals surface area (Å²) in [5.41, 5.74) is 1.30. The van der Waals surface area contributed by atoms with Crippen LogP contribution in [0, 0.1) is 6.92 Å². The second kappa shape index (κ2) is 6.20. The van der Waals surface area contributed by atoms with Gasteiger partial charge in [0.15, 0.2) is 5.03 Å². The molecule has 3 aromatic rings. The summed E-state index contributed by atoms with van der Waals surface area (Å²) in [6, 6.07) is 7.06. The van der Waals surface area contributed by atoms with Crippen LogP contribution in [0.15, 0.2) is 29.3 Å². The van der Waals surface area contributed by atoms with Crippen molar-refractivity contribution in [3.63, 3.8) is 0 Å². The highest BCUT2D eigenvalue weighted by atomic mass is 35.5. The van der Waals surface area contributed by atoms with E-state index in [0.29, 0.717) is 22.1 Å². The van der Waals surface area contributed by atoms with Crippen molar-refractivity contribution in [2.75, 3.05) is 0 Å². The van der Waals surface area contributed by atoms with E-state index in [9.17, 15) is 8.42 Å². The molecule has 0 saturated carbocycles. The number of aryl methyl sites for hydroxylation is 2. The van der Waals surface area contributed by atoms with Crippen molar-refractivity contribution in [3.8, 4) is 0 Å². The van der Waals surface area contributed by atoms with Gasteiger partial charge in [0.2, 0.25) is 4.96 Å². The van der Waals surface area contributed by atoms with Gasteiger partial charge in [-0.3, -0.25) is 0 Å². The third kappa shape index (κ3) is 3.25. The van der Waals surface area contributed by atoms with E-state index in [1.54, 1.807) is 18.2 Å². The molecule has 2 heterocycles. The van der Waals surface area contributed by atoms with E-state index in [1.807, 2.05) is 19.9 Å². The zero-order valence-corrected chi connectivity index (χ0v) is 15.0. The minimum atomic E-state index is -3.73. The van der Waals surface area contributed by atoms with Crippen LogP contribution >= 0.6 is 22.9 Å². The first-order valence-corrected chi connectivity index (χ1v) is 9.67. The van der Waals surface area contributed by atoms with Gasteiger partial charge >= 0.3 is 0 Å². The predicted octanol–water partition coefficient (Wildman–Crippen LogP) is 2.79. The number of fused-ring (bicyclic) bond motifs is 1. The molecule has 0 aliphatic rings. The number of rotatable bonds is 5. The van der Waals surface area contributed by atoms with Crippen molar-refractivity contribution in [2.24, 2.45) is 0 Å². The van der Waals surface area contributed by atoms with Gasteiger partial charge in [-0.05, 0) is 31.0 Å². The topological polar surface area (TPSA) is 76.4 Å². The maximum atomic E-state index is 12.7. The molecule has 3 rings (SSSR count). The Hall–Kier alpha value is -1.48. The van der Waals surface area contributed by atoms with Crippen molar-refractivity contribution in [2.45, 2.75) is 31.8 Å². The number of sulfonamides is 1. The van der Waals surface area contributed by atoms with Crippen LogP contribution < -0.4 is 4.72 Å². The SMILES string of the molecule is CCc1nc2sc(C)nn2c1S(=O)(=O)NCc1cccc(Cl)c1. The molecule has 1 aromatic carbocycles. The summed E-state index contributed by atoms with van der Waals surface area (Å²) in [7, 11) is -3.73. The predicted molar refractivity (Wildman–Crippen MR) is 90.5 cm³/mol. The molecule has 0 radical (unpaired) electrons. The number of nitrogens with one attached hydrogen (secondary N) is 1. The fourth-order valence-corrected chi connectivity index (χ4v) is 4.64. The van der Waals surface area contributed by atoms with E-state index < -0.39 is 10.0 Å². The number of hydrogen-bond donors (Lipinski definition) is 1. The van der Waals surface area contributed by atoms with Crippen molar-refractivity contribution >= 4 is 37.9 Å². The first-order chi connectivity index (χ1) is 10.9. The minimum absolute atomic E-state index is 0.112. The van der Waals surface area contributed by atoms with Gasteiger partial charge in [0.25, 0.3) is 10.0 Å². The lowest BCUT2D eigenvalue weighted by Crippen LogP contribution is -2.25. The van der Waals surface area contributed by atoms with Crippen molar-refractivity contribution < 1.29 is 8.42 Å². The van der Waals surface area contributed by atoms with Crippen LogP contribution in [-0.2, 0) is 23.0 Å². The van der Waals surface area contributed by atoms with E-state index in [-0.39, 0.29) is 11.6 Å². The van der Waals surface area contributed by atoms with E-state index >= 15 is 0 Å². The molecule has 0 bridgehead atoms. The molecule has 0 atom stereocenters. The lowest BCUT2D eigenvalue weighted by molar-refractivity contribution is 0.571. The summed E-state index contributed by atoms with van der Waals surface area (Å²) in [4.78, 5) is 4.95. The zero-order chi connectivity index (χ0) is 16.6. The van der Waals surface area contributed by atoms with Crippen molar-refractivity contribution in [3.05, 3.63) is 45.6 Å². The molecule has 0 saturated heterocycles. The summed E-state index contributed by atoms with van der Waals surface area (Å²) >= 11 is 7.29. The fourth-order valence-electron chi connectivity index (χ4n) is 2.26. The first-order valence-electron chi connectivity index (χ1n) is 7.00. The standard InChI is InChI=1S/C14H15ClN4O2S2/c1-3-12-13(19-14(17-12)22-9(2)18-19)23(20,21)16-8-10-5-4-6-11(15)7-10/h4-7,16H,3,8H2,1-2H3. The molecule has 0 amide bonds. The van der Waals surface area contributed by atoms with Crippen LogP contribution in [0.5, 0.6) is 0 Å². The Morgan fingerprint density at radius 1 is 1.39 bits per heavy atom. The van der Waals surface area contributed by atoms with E-state index in [1.165, 1.54) is 15.9 Å². The Morgan fingerprint density at radius 3 is 2.87 bits per heavy atom. The number of aromatic nitrogens is 3. The molecule has 23 heavy (non-hydrogen) atoms.